The SMILES string of the molecule is [B]c1cccc(CO)c1N. The second-order valence-electron chi connectivity index (χ2n) is 2.08. The van der Waals surface area contributed by atoms with Crippen molar-refractivity contribution in [2.24, 2.45) is 0 Å². The lowest BCUT2D eigenvalue weighted by Gasteiger charge is -2.03. The lowest BCUT2D eigenvalue weighted by Crippen LogP contribution is -2.11. The van der Waals surface area contributed by atoms with Gasteiger partial charge in [-0.2, -0.15) is 0 Å². The van der Waals surface area contributed by atoms with Crippen LogP contribution in [0.3, 0.4) is 0 Å². The van der Waals surface area contributed by atoms with E-state index in [1.54, 1.807) is 18.2 Å². The Morgan fingerprint density at radius 1 is 1.50 bits per heavy atom. The Kier molecular flexibility index (Phi) is 1.97. The summed E-state index contributed by atoms with van der Waals surface area (Å²) in [7, 11) is 5.46. The summed E-state index contributed by atoms with van der Waals surface area (Å²) in [6, 6.07) is 5.21. The molecule has 0 fully saturated rings. The molecule has 0 saturated heterocycles. The number of rotatable bonds is 1. The highest BCUT2D eigenvalue weighted by Crippen LogP contribution is 2.06. The molecule has 1 aromatic carbocycles. The number of anilines is 1. The summed E-state index contributed by atoms with van der Waals surface area (Å²) in [6.07, 6.45) is 0. The van der Waals surface area contributed by atoms with Gasteiger partial charge in [-0.1, -0.05) is 23.7 Å². The van der Waals surface area contributed by atoms with E-state index in [4.69, 9.17) is 18.7 Å². The van der Waals surface area contributed by atoms with Gasteiger partial charge in [0.05, 0.1) is 6.61 Å². The molecule has 1 rings (SSSR count). The summed E-state index contributed by atoms with van der Waals surface area (Å²) < 4.78 is 0. The summed E-state index contributed by atoms with van der Waals surface area (Å²) in [5.41, 5.74) is 7.19. The van der Waals surface area contributed by atoms with Gasteiger partial charge >= 0.3 is 0 Å². The standard InChI is InChI=1S/C7H8BNO/c8-6-3-1-2-5(4-10)7(6)9/h1-3,10H,4,9H2. The Hall–Kier alpha value is -0.955. The summed E-state index contributed by atoms with van der Waals surface area (Å²) in [5.74, 6) is 0. The first-order valence-corrected chi connectivity index (χ1v) is 2.99. The predicted octanol–water partition coefficient (Wildman–Crippen LogP) is -0.445. The zero-order valence-corrected chi connectivity index (χ0v) is 5.54. The molecule has 0 spiro atoms. The molecule has 2 radical (unpaired) electrons. The van der Waals surface area contributed by atoms with Crippen LogP contribution in [0, 0.1) is 0 Å². The van der Waals surface area contributed by atoms with Crippen molar-refractivity contribution >= 4 is 19.0 Å². The molecule has 0 aromatic heterocycles. The fraction of sp³-hybridized carbons (Fsp3) is 0.143. The Morgan fingerprint density at radius 3 is 2.70 bits per heavy atom. The van der Waals surface area contributed by atoms with Crippen LogP contribution in [0.2, 0.25) is 0 Å². The molecule has 0 unspecified atom stereocenters. The number of nitrogen functional groups attached to an aromatic ring is 1. The topological polar surface area (TPSA) is 46.2 Å². The zero-order chi connectivity index (χ0) is 7.56. The number of nitrogens with two attached hydrogens (primary N) is 1. The van der Waals surface area contributed by atoms with Crippen molar-refractivity contribution in [1.29, 1.82) is 0 Å². The maximum absolute atomic E-state index is 8.71. The number of benzene rings is 1. The first-order chi connectivity index (χ1) is 4.75. The molecule has 2 nitrogen and oxygen atoms in total. The lowest BCUT2D eigenvalue weighted by atomic mass is 9.92. The molecule has 0 aliphatic rings. The van der Waals surface area contributed by atoms with E-state index in [1.807, 2.05) is 0 Å². The second kappa shape index (κ2) is 2.75. The smallest absolute Gasteiger partial charge is 0.116 e. The predicted molar refractivity (Wildman–Crippen MR) is 42.2 cm³/mol. The van der Waals surface area contributed by atoms with Crippen LogP contribution in [0.1, 0.15) is 5.56 Å². The first-order valence-electron chi connectivity index (χ1n) is 2.99. The van der Waals surface area contributed by atoms with E-state index in [1.165, 1.54) is 0 Å². The van der Waals surface area contributed by atoms with E-state index < -0.39 is 0 Å². The molecule has 3 N–H and O–H groups in total. The zero-order valence-electron chi connectivity index (χ0n) is 5.54. The molecule has 50 valence electrons. The minimum absolute atomic E-state index is 0.0587. The van der Waals surface area contributed by atoms with Crippen LogP contribution in [-0.4, -0.2) is 13.0 Å². The molecular weight excluding hydrogens is 125 g/mol. The normalized spacial score (nSPS) is 9.70. The second-order valence-corrected chi connectivity index (χ2v) is 2.08. The molecule has 0 heterocycles. The third kappa shape index (κ3) is 1.14. The van der Waals surface area contributed by atoms with Gasteiger partial charge in [-0.3, -0.25) is 0 Å². The van der Waals surface area contributed by atoms with Crippen molar-refractivity contribution in [3.63, 3.8) is 0 Å². The molecule has 0 bridgehead atoms. The van der Waals surface area contributed by atoms with E-state index in [0.717, 1.165) is 0 Å². The van der Waals surface area contributed by atoms with E-state index in [2.05, 4.69) is 0 Å². The van der Waals surface area contributed by atoms with Gasteiger partial charge in [0.25, 0.3) is 0 Å². The van der Waals surface area contributed by atoms with Gasteiger partial charge in [0.15, 0.2) is 0 Å². The molecular formula is C7H8BNO. The summed E-state index contributed by atoms with van der Waals surface area (Å²) in [4.78, 5) is 0. The minimum atomic E-state index is -0.0587. The quantitative estimate of drug-likeness (QED) is 0.402. The van der Waals surface area contributed by atoms with Crippen molar-refractivity contribution in [3.8, 4) is 0 Å². The van der Waals surface area contributed by atoms with Gasteiger partial charge in [-0.25, -0.2) is 0 Å². The highest BCUT2D eigenvalue weighted by Gasteiger charge is 1.97. The Balaban J connectivity index is 3.14. The summed E-state index contributed by atoms with van der Waals surface area (Å²) in [5, 5.41) is 8.71. The van der Waals surface area contributed by atoms with Crippen LogP contribution in [0.15, 0.2) is 18.2 Å². The number of aliphatic hydroxyl groups is 1. The molecule has 3 heteroatoms. The van der Waals surface area contributed by atoms with Crippen LogP contribution in [0.4, 0.5) is 5.69 Å². The average molecular weight is 133 g/mol. The van der Waals surface area contributed by atoms with Crippen LogP contribution in [-0.2, 0) is 6.61 Å². The van der Waals surface area contributed by atoms with E-state index in [9.17, 15) is 0 Å². The van der Waals surface area contributed by atoms with Gasteiger partial charge in [0, 0.05) is 5.69 Å². The van der Waals surface area contributed by atoms with Crippen LogP contribution >= 0.6 is 0 Å². The molecule has 0 aliphatic carbocycles. The highest BCUT2D eigenvalue weighted by molar-refractivity contribution is 6.35. The molecule has 0 saturated carbocycles. The van der Waals surface area contributed by atoms with Gasteiger partial charge < -0.3 is 10.8 Å². The molecule has 1 aromatic rings. The molecule has 0 aliphatic heterocycles. The lowest BCUT2D eigenvalue weighted by molar-refractivity contribution is 0.282. The van der Waals surface area contributed by atoms with Crippen LogP contribution in [0.25, 0.3) is 0 Å². The van der Waals surface area contributed by atoms with Crippen LogP contribution < -0.4 is 11.2 Å². The number of para-hydroxylation sites is 1. The third-order valence-electron chi connectivity index (χ3n) is 1.40. The number of hydrogen-bond donors (Lipinski definition) is 2. The summed E-state index contributed by atoms with van der Waals surface area (Å²) in [6.45, 7) is -0.0587. The Morgan fingerprint density at radius 2 is 2.20 bits per heavy atom. The van der Waals surface area contributed by atoms with E-state index in [-0.39, 0.29) is 6.61 Å². The molecule has 0 amide bonds. The largest absolute Gasteiger partial charge is 0.399 e. The van der Waals surface area contributed by atoms with Crippen LogP contribution in [0.5, 0.6) is 0 Å². The molecule has 10 heavy (non-hydrogen) atoms. The minimum Gasteiger partial charge on any atom is -0.399 e. The van der Waals surface area contributed by atoms with Crippen molar-refractivity contribution in [3.05, 3.63) is 23.8 Å². The third-order valence-corrected chi connectivity index (χ3v) is 1.40. The maximum Gasteiger partial charge on any atom is 0.116 e. The Labute approximate surface area is 61.1 Å². The highest BCUT2D eigenvalue weighted by atomic mass is 16.3. The number of hydrogen-bond acceptors (Lipinski definition) is 2. The summed E-state index contributed by atoms with van der Waals surface area (Å²) >= 11 is 0. The van der Waals surface area contributed by atoms with Crippen molar-refractivity contribution < 1.29 is 5.11 Å². The van der Waals surface area contributed by atoms with Gasteiger partial charge in [-0.15, -0.1) is 0 Å². The van der Waals surface area contributed by atoms with Crippen molar-refractivity contribution in [2.45, 2.75) is 6.61 Å². The molecule has 0 atom stereocenters. The van der Waals surface area contributed by atoms with Crippen molar-refractivity contribution in [1.82, 2.24) is 0 Å². The van der Waals surface area contributed by atoms with E-state index >= 15 is 0 Å². The number of aliphatic hydroxyl groups excluding tert-OH is 1. The van der Waals surface area contributed by atoms with Crippen molar-refractivity contribution in [2.75, 3.05) is 5.73 Å². The fourth-order valence-electron chi connectivity index (χ4n) is 0.771. The van der Waals surface area contributed by atoms with Gasteiger partial charge in [0.2, 0.25) is 0 Å². The fourth-order valence-corrected chi connectivity index (χ4v) is 0.771. The van der Waals surface area contributed by atoms with Gasteiger partial charge in [0.1, 0.15) is 7.85 Å². The van der Waals surface area contributed by atoms with E-state index in [0.29, 0.717) is 16.7 Å². The monoisotopic (exact) mass is 133 g/mol. The first kappa shape index (κ1) is 7.16. The van der Waals surface area contributed by atoms with Gasteiger partial charge in [-0.05, 0) is 5.56 Å². The average Bonchev–Trinajstić information content (AvgIpc) is 1.95. The maximum atomic E-state index is 8.71. The Bertz CT molecular complexity index is 237.